The molecule has 0 aliphatic carbocycles. The molecule has 1 heterocycles. The van der Waals surface area contributed by atoms with E-state index in [2.05, 4.69) is 27.4 Å². The zero-order valence-corrected chi connectivity index (χ0v) is 11.4. The molecule has 1 aliphatic heterocycles. The first-order chi connectivity index (χ1) is 7.85. The van der Waals surface area contributed by atoms with Crippen LogP contribution in [-0.2, 0) is 4.79 Å². The van der Waals surface area contributed by atoms with Gasteiger partial charge in [0.05, 0.1) is 0 Å². The highest BCUT2D eigenvalue weighted by molar-refractivity contribution is 5.97. The summed E-state index contributed by atoms with van der Waals surface area (Å²) in [6.45, 7) is 13.7. The van der Waals surface area contributed by atoms with Crippen LogP contribution >= 0.6 is 0 Å². The predicted octanol–water partition coefficient (Wildman–Crippen LogP) is 3.32. The molecule has 0 atom stereocenters. The van der Waals surface area contributed by atoms with Gasteiger partial charge in [0.2, 0.25) is 5.91 Å². The number of carbonyl (C=O) groups is 1. The topological polar surface area (TPSA) is 20.3 Å². The summed E-state index contributed by atoms with van der Waals surface area (Å²) in [4.78, 5) is 13.9. The summed E-state index contributed by atoms with van der Waals surface area (Å²) in [6.07, 6.45) is 6.64. The fourth-order valence-electron chi connectivity index (χ4n) is 1.78. The molecule has 0 N–H and O–H groups in total. The van der Waals surface area contributed by atoms with Gasteiger partial charge in [-0.3, -0.25) is 4.79 Å². The number of nitrogens with zero attached hydrogens (tertiary/aromatic N) is 1. The molecule has 2 nitrogen and oxygen atoms in total. The average Bonchev–Trinajstić information content (AvgIpc) is 2.50. The third kappa shape index (κ3) is 3.88. The Morgan fingerprint density at radius 2 is 2.06 bits per heavy atom. The average molecular weight is 233 g/mol. The van der Waals surface area contributed by atoms with E-state index in [0.717, 1.165) is 30.7 Å². The van der Waals surface area contributed by atoms with E-state index in [1.165, 1.54) is 0 Å². The van der Waals surface area contributed by atoms with Gasteiger partial charge in [-0.05, 0) is 24.3 Å². The van der Waals surface area contributed by atoms with Crippen molar-refractivity contribution < 1.29 is 4.79 Å². The highest BCUT2D eigenvalue weighted by Crippen LogP contribution is 2.24. The van der Waals surface area contributed by atoms with E-state index in [4.69, 9.17) is 0 Å². The third-order valence-electron chi connectivity index (χ3n) is 3.02. The first-order valence-electron chi connectivity index (χ1n) is 6.13. The van der Waals surface area contributed by atoms with Gasteiger partial charge in [-0.15, -0.1) is 0 Å². The van der Waals surface area contributed by atoms with Gasteiger partial charge < -0.3 is 4.90 Å². The first kappa shape index (κ1) is 13.8. The maximum absolute atomic E-state index is 12.0. The lowest BCUT2D eigenvalue weighted by atomic mass is 9.92. The number of carbonyl (C=O) groups excluding carboxylic acids is 1. The van der Waals surface area contributed by atoms with Crippen LogP contribution in [0.2, 0.25) is 0 Å². The number of hydrogen-bond donors (Lipinski definition) is 0. The van der Waals surface area contributed by atoms with Crippen LogP contribution in [0.25, 0.3) is 0 Å². The van der Waals surface area contributed by atoms with Crippen LogP contribution in [0.15, 0.2) is 36.0 Å². The molecule has 0 bridgehead atoms. The van der Waals surface area contributed by atoms with E-state index in [9.17, 15) is 4.79 Å². The van der Waals surface area contributed by atoms with Crippen LogP contribution < -0.4 is 0 Å². The largest absolute Gasteiger partial charge is 0.335 e. The lowest BCUT2D eigenvalue weighted by Gasteiger charge is -2.23. The van der Waals surface area contributed by atoms with E-state index in [0.29, 0.717) is 0 Å². The molecule has 1 amide bonds. The smallest absolute Gasteiger partial charge is 0.250 e. The van der Waals surface area contributed by atoms with E-state index >= 15 is 0 Å². The normalized spacial score (nSPS) is 17.4. The molecule has 0 aromatic rings. The number of hydrogen-bond acceptors (Lipinski definition) is 1. The SMILES string of the molecule is C=C/C=C\C1=C(C)C(=O)N(CCC(C)(C)C)C1. The minimum atomic E-state index is 0.179. The predicted molar refractivity (Wildman–Crippen MR) is 72.7 cm³/mol. The Kier molecular flexibility index (Phi) is 4.33. The summed E-state index contributed by atoms with van der Waals surface area (Å²) in [7, 11) is 0. The minimum Gasteiger partial charge on any atom is -0.335 e. The standard InChI is InChI=1S/C15H23NO/c1-6-7-8-13-11-16(14(17)12(13)2)10-9-15(3,4)5/h6-8H,1,9-11H2,2-5H3/b8-7-. The second-order valence-corrected chi connectivity index (χ2v) is 5.78. The highest BCUT2D eigenvalue weighted by atomic mass is 16.2. The molecule has 17 heavy (non-hydrogen) atoms. The minimum absolute atomic E-state index is 0.179. The second-order valence-electron chi connectivity index (χ2n) is 5.78. The van der Waals surface area contributed by atoms with E-state index in [1.807, 2.05) is 24.0 Å². The maximum Gasteiger partial charge on any atom is 0.250 e. The Morgan fingerprint density at radius 3 is 2.59 bits per heavy atom. The van der Waals surface area contributed by atoms with Crippen molar-refractivity contribution >= 4 is 5.91 Å². The van der Waals surface area contributed by atoms with Crippen molar-refractivity contribution in [2.75, 3.05) is 13.1 Å². The Bertz CT molecular complexity index is 369. The molecule has 94 valence electrons. The third-order valence-corrected chi connectivity index (χ3v) is 3.02. The molecular weight excluding hydrogens is 210 g/mol. The van der Waals surface area contributed by atoms with E-state index in [1.54, 1.807) is 6.08 Å². The molecule has 1 aliphatic rings. The molecule has 0 radical (unpaired) electrons. The molecule has 2 heteroatoms. The monoisotopic (exact) mass is 233 g/mol. The van der Waals surface area contributed by atoms with Crippen molar-refractivity contribution in [2.24, 2.45) is 5.41 Å². The Hall–Kier alpha value is -1.31. The van der Waals surface area contributed by atoms with Crippen LogP contribution in [0.3, 0.4) is 0 Å². The van der Waals surface area contributed by atoms with E-state index in [-0.39, 0.29) is 11.3 Å². The Labute approximate surface area is 105 Å². The lowest BCUT2D eigenvalue weighted by Crippen LogP contribution is -2.30. The molecule has 0 saturated heterocycles. The molecule has 1 rings (SSSR count). The van der Waals surface area contributed by atoms with Crippen LogP contribution in [0.1, 0.15) is 34.1 Å². The summed E-state index contributed by atoms with van der Waals surface area (Å²) in [5.74, 6) is 0.179. The van der Waals surface area contributed by atoms with Crippen LogP contribution in [0.4, 0.5) is 0 Å². The van der Waals surface area contributed by atoms with Gasteiger partial charge in [-0.25, -0.2) is 0 Å². The zero-order valence-electron chi connectivity index (χ0n) is 11.4. The fourth-order valence-corrected chi connectivity index (χ4v) is 1.78. The summed E-state index contributed by atoms with van der Waals surface area (Å²) in [5.41, 5.74) is 2.26. The molecule has 0 fully saturated rings. The molecule has 0 aromatic heterocycles. The molecule has 0 aromatic carbocycles. The molecule has 0 spiro atoms. The quantitative estimate of drug-likeness (QED) is 0.682. The Balaban J connectivity index is 2.63. The number of allylic oxidation sites excluding steroid dienone is 2. The first-order valence-corrected chi connectivity index (χ1v) is 6.13. The van der Waals surface area contributed by atoms with Crippen LogP contribution in [0, 0.1) is 5.41 Å². The summed E-state index contributed by atoms with van der Waals surface area (Å²) >= 11 is 0. The van der Waals surface area contributed by atoms with Crippen molar-refractivity contribution in [3.63, 3.8) is 0 Å². The fraction of sp³-hybridized carbons (Fsp3) is 0.533. The lowest BCUT2D eigenvalue weighted by molar-refractivity contribution is -0.125. The summed E-state index contributed by atoms with van der Waals surface area (Å²) in [6, 6.07) is 0. The maximum atomic E-state index is 12.0. The van der Waals surface area contributed by atoms with Gasteiger partial charge in [0.25, 0.3) is 0 Å². The Morgan fingerprint density at radius 1 is 1.41 bits per heavy atom. The van der Waals surface area contributed by atoms with Crippen molar-refractivity contribution in [1.29, 1.82) is 0 Å². The molecule has 0 unspecified atom stereocenters. The zero-order chi connectivity index (χ0) is 13.1. The molecular formula is C15H23NO. The van der Waals surface area contributed by atoms with Gasteiger partial charge in [0, 0.05) is 18.7 Å². The second kappa shape index (κ2) is 5.35. The van der Waals surface area contributed by atoms with Crippen molar-refractivity contribution in [2.45, 2.75) is 34.1 Å². The highest BCUT2D eigenvalue weighted by Gasteiger charge is 2.26. The van der Waals surface area contributed by atoms with Crippen LogP contribution in [0.5, 0.6) is 0 Å². The van der Waals surface area contributed by atoms with Gasteiger partial charge >= 0.3 is 0 Å². The van der Waals surface area contributed by atoms with Crippen molar-refractivity contribution in [3.05, 3.63) is 36.0 Å². The molecule has 0 saturated carbocycles. The van der Waals surface area contributed by atoms with Gasteiger partial charge in [-0.1, -0.05) is 45.6 Å². The number of amides is 1. The van der Waals surface area contributed by atoms with Crippen LogP contribution in [-0.4, -0.2) is 23.9 Å². The van der Waals surface area contributed by atoms with Gasteiger partial charge in [0.15, 0.2) is 0 Å². The van der Waals surface area contributed by atoms with Gasteiger partial charge in [-0.2, -0.15) is 0 Å². The summed E-state index contributed by atoms with van der Waals surface area (Å²) < 4.78 is 0. The van der Waals surface area contributed by atoms with Gasteiger partial charge in [0.1, 0.15) is 0 Å². The number of rotatable bonds is 4. The summed E-state index contributed by atoms with van der Waals surface area (Å²) in [5, 5.41) is 0. The van der Waals surface area contributed by atoms with Crippen molar-refractivity contribution in [1.82, 2.24) is 4.90 Å². The van der Waals surface area contributed by atoms with Crippen molar-refractivity contribution in [3.8, 4) is 0 Å². The van der Waals surface area contributed by atoms with E-state index < -0.39 is 0 Å².